The minimum absolute atomic E-state index is 0.228. The minimum Gasteiger partial charge on any atom is -0.397 e. The first-order valence-electron chi connectivity index (χ1n) is 8.43. The van der Waals surface area contributed by atoms with Gasteiger partial charge in [-0.1, -0.05) is 6.42 Å². The van der Waals surface area contributed by atoms with Crippen LogP contribution in [0, 0.1) is 10.1 Å². The predicted octanol–water partition coefficient (Wildman–Crippen LogP) is 2.48. The Kier molecular flexibility index (Phi) is 4.40. The molecule has 0 N–H and O–H groups in total. The highest BCUT2D eigenvalue weighted by Gasteiger charge is 2.18. The Hall–Kier alpha value is -3.14. The van der Waals surface area contributed by atoms with Crippen molar-refractivity contribution in [2.45, 2.75) is 19.3 Å². The Morgan fingerprint density at radius 1 is 1.19 bits per heavy atom. The highest BCUT2D eigenvalue weighted by molar-refractivity contribution is 5.64. The highest BCUT2D eigenvalue weighted by atomic mass is 16.6. The lowest BCUT2D eigenvalue weighted by atomic mass is 10.1. The molecule has 1 saturated heterocycles. The Morgan fingerprint density at radius 2 is 2.04 bits per heavy atom. The monoisotopic (exact) mass is 355 g/mol. The summed E-state index contributed by atoms with van der Waals surface area (Å²) in [5.41, 5.74) is 0.508. The molecule has 1 aliphatic heterocycles. The van der Waals surface area contributed by atoms with Crippen molar-refractivity contribution in [3.63, 3.8) is 0 Å². The number of nitrogens with zero attached hydrogens (tertiary/aromatic N) is 7. The third-order valence-corrected chi connectivity index (χ3v) is 4.25. The molecule has 1 aliphatic rings. The first-order chi connectivity index (χ1) is 12.7. The molecule has 0 spiro atoms. The number of aliphatic imine (C=N–C) groups is 1. The van der Waals surface area contributed by atoms with Crippen molar-refractivity contribution in [3.05, 3.63) is 34.4 Å². The maximum Gasteiger partial charge on any atom is 0.433 e. The van der Waals surface area contributed by atoms with Gasteiger partial charge in [-0.2, -0.15) is 4.52 Å². The smallest absolute Gasteiger partial charge is 0.397 e. The lowest BCUT2D eigenvalue weighted by Crippen LogP contribution is -2.31. The summed E-state index contributed by atoms with van der Waals surface area (Å²) in [6.45, 7) is 3.00. The second-order valence-electron chi connectivity index (χ2n) is 6.05. The summed E-state index contributed by atoms with van der Waals surface area (Å²) in [5, 5.41) is 23.2. The zero-order valence-corrected chi connectivity index (χ0v) is 14.0. The molecular formula is C16H17N7O3. The van der Waals surface area contributed by atoms with Crippen LogP contribution in [0.3, 0.4) is 0 Å². The molecule has 1 fully saturated rings. The molecule has 10 heteroatoms. The third-order valence-electron chi connectivity index (χ3n) is 4.25. The zero-order valence-electron chi connectivity index (χ0n) is 14.0. The minimum atomic E-state index is -0.601. The Balaban J connectivity index is 1.56. The average molecular weight is 355 g/mol. The molecule has 0 aromatic carbocycles. The highest BCUT2D eigenvalue weighted by Crippen LogP contribution is 2.25. The fourth-order valence-corrected chi connectivity index (χ4v) is 2.94. The van der Waals surface area contributed by atoms with Crippen LogP contribution in [0.1, 0.15) is 19.3 Å². The Labute approximate surface area is 148 Å². The summed E-state index contributed by atoms with van der Waals surface area (Å²) in [4.78, 5) is 16.9. The number of rotatable bonds is 5. The molecule has 0 atom stereocenters. The van der Waals surface area contributed by atoms with Gasteiger partial charge in [0.05, 0.1) is 6.07 Å². The van der Waals surface area contributed by atoms with E-state index in [0.717, 1.165) is 19.6 Å². The number of hydrogen-bond donors (Lipinski definition) is 0. The first-order valence-corrected chi connectivity index (χ1v) is 8.43. The van der Waals surface area contributed by atoms with Crippen LogP contribution in [0.25, 0.3) is 17.2 Å². The molecule has 4 heterocycles. The van der Waals surface area contributed by atoms with Gasteiger partial charge in [0.15, 0.2) is 17.2 Å². The van der Waals surface area contributed by atoms with Crippen molar-refractivity contribution in [2.24, 2.45) is 4.99 Å². The lowest BCUT2D eigenvalue weighted by molar-refractivity contribution is -0.401. The second-order valence-corrected chi connectivity index (χ2v) is 6.05. The van der Waals surface area contributed by atoms with E-state index < -0.39 is 4.92 Å². The van der Waals surface area contributed by atoms with E-state index in [9.17, 15) is 10.1 Å². The summed E-state index contributed by atoms with van der Waals surface area (Å²) >= 11 is 0. The van der Waals surface area contributed by atoms with Crippen LogP contribution < -0.4 is 0 Å². The SMILES string of the molecule is O=[N+]([O-])c1ccc(-c2nnc3ccc(N=CCN4CCCCC4)nn23)o1. The fourth-order valence-electron chi connectivity index (χ4n) is 2.94. The molecule has 3 aromatic heterocycles. The molecule has 134 valence electrons. The molecule has 0 aliphatic carbocycles. The van der Waals surface area contributed by atoms with Crippen molar-refractivity contribution >= 4 is 23.6 Å². The van der Waals surface area contributed by atoms with Crippen LogP contribution in [-0.2, 0) is 0 Å². The number of fused-ring (bicyclic) bond motifs is 1. The first kappa shape index (κ1) is 16.3. The molecular weight excluding hydrogens is 338 g/mol. The van der Waals surface area contributed by atoms with E-state index in [1.165, 1.54) is 35.9 Å². The van der Waals surface area contributed by atoms with E-state index in [0.29, 0.717) is 17.3 Å². The van der Waals surface area contributed by atoms with Gasteiger partial charge in [-0.05, 0) is 44.1 Å². The van der Waals surface area contributed by atoms with E-state index in [1.807, 2.05) is 6.21 Å². The number of piperidine rings is 1. The standard InChI is InChI=1S/C16H17N7O3/c24-23(25)15-7-4-12(26-15)16-19-18-14-6-5-13(20-22(14)16)17-8-11-21-9-2-1-3-10-21/h4-8H,1-3,9-11H2. The summed E-state index contributed by atoms with van der Waals surface area (Å²) in [5.74, 6) is 0.677. The molecule has 0 unspecified atom stereocenters. The van der Waals surface area contributed by atoms with E-state index in [-0.39, 0.29) is 11.6 Å². The summed E-state index contributed by atoms with van der Waals surface area (Å²) in [7, 11) is 0. The van der Waals surface area contributed by atoms with E-state index in [1.54, 1.807) is 12.1 Å². The molecule has 0 saturated carbocycles. The number of furan rings is 1. The molecule has 0 radical (unpaired) electrons. The maximum absolute atomic E-state index is 10.8. The predicted molar refractivity (Wildman–Crippen MR) is 93.6 cm³/mol. The van der Waals surface area contributed by atoms with Gasteiger partial charge in [0.2, 0.25) is 5.82 Å². The van der Waals surface area contributed by atoms with Gasteiger partial charge in [-0.25, -0.2) is 4.99 Å². The maximum atomic E-state index is 10.8. The van der Waals surface area contributed by atoms with Gasteiger partial charge in [0.1, 0.15) is 4.92 Å². The number of nitro groups is 1. The van der Waals surface area contributed by atoms with Crippen molar-refractivity contribution in [1.29, 1.82) is 0 Å². The molecule has 26 heavy (non-hydrogen) atoms. The van der Waals surface area contributed by atoms with Gasteiger partial charge in [-0.15, -0.1) is 15.3 Å². The summed E-state index contributed by atoms with van der Waals surface area (Å²) in [6, 6.07) is 6.25. The normalized spacial score (nSPS) is 15.8. The van der Waals surface area contributed by atoms with Crippen molar-refractivity contribution in [3.8, 4) is 11.6 Å². The van der Waals surface area contributed by atoms with Gasteiger partial charge in [-0.3, -0.25) is 15.0 Å². The van der Waals surface area contributed by atoms with E-state index in [2.05, 4.69) is 25.2 Å². The topological polar surface area (TPSA) is 115 Å². The second kappa shape index (κ2) is 7.00. The van der Waals surface area contributed by atoms with Gasteiger partial charge in [0.25, 0.3) is 0 Å². The number of likely N-dealkylation sites (tertiary alicyclic amines) is 1. The van der Waals surface area contributed by atoms with Crippen LogP contribution >= 0.6 is 0 Å². The lowest BCUT2D eigenvalue weighted by Gasteiger charge is -2.24. The van der Waals surface area contributed by atoms with E-state index in [4.69, 9.17) is 4.42 Å². The largest absolute Gasteiger partial charge is 0.433 e. The van der Waals surface area contributed by atoms with Crippen LogP contribution in [0.2, 0.25) is 0 Å². The summed E-state index contributed by atoms with van der Waals surface area (Å²) < 4.78 is 6.66. The molecule has 4 rings (SSSR count). The molecule has 0 amide bonds. The van der Waals surface area contributed by atoms with Gasteiger partial charge >= 0.3 is 5.88 Å². The van der Waals surface area contributed by atoms with Gasteiger partial charge < -0.3 is 4.42 Å². The Bertz CT molecular complexity index is 956. The van der Waals surface area contributed by atoms with E-state index >= 15 is 0 Å². The fraction of sp³-hybridized carbons (Fsp3) is 0.375. The average Bonchev–Trinajstić information content (AvgIpc) is 3.29. The number of aromatic nitrogens is 4. The molecule has 3 aromatic rings. The zero-order chi connectivity index (χ0) is 17.9. The van der Waals surface area contributed by atoms with Crippen LogP contribution in [0.15, 0.2) is 33.7 Å². The summed E-state index contributed by atoms with van der Waals surface area (Å²) in [6.07, 6.45) is 5.61. The van der Waals surface area contributed by atoms with Crippen LogP contribution in [0.4, 0.5) is 11.7 Å². The number of hydrogen-bond acceptors (Lipinski definition) is 8. The Morgan fingerprint density at radius 3 is 2.81 bits per heavy atom. The quantitative estimate of drug-likeness (QED) is 0.392. The van der Waals surface area contributed by atoms with Crippen molar-refractivity contribution in [2.75, 3.05) is 19.6 Å². The van der Waals surface area contributed by atoms with Crippen molar-refractivity contribution in [1.82, 2.24) is 24.7 Å². The van der Waals surface area contributed by atoms with Crippen LogP contribution in [-0.4, -0.2) is 55.5 Å². The third kappa shape index (κ3) is 3.31. The van der Waals surface area contributed by atoms with Gasteiger partial charge in [0, 0.05) is 12.8 Å². The molecule has 0 bridgehead atoms. The van der Waals surface area contributed by atoms with Crippen LogP contribution in [0.5, 0.6) is 0 Å². The van der Waals surface area contributed by atoms with Crippen molar-refractivity contribution < 1.29 is 9.34 Å². The molecule has 10 nitrogen and oxygen atoms in total.